The number of hydrogen-bond donors (Lipinski definition) is 0. The molecular formula is C25H30N2O2. The third-order valence-electron chi connectivity index (χ3n) is 5.49. The number of anilines is 1. The fourth-order valence-electron chi connectivity index (χ4n) is 3.74. The fourth-order valence-corrected chi connectivity index (χ4v) is 3.74. The molecule has 0 radical (unpaired) electrons. The van der Waals surface area contributed by atoms with Crippen molar-refractivity contribution < 1.29 is 9.15 Å². The second kappa shape index (κ2) is 9.19. The van der Waals surface area contributed by atoms with Gasteiger partial charge in [-0.3, -0.25) is 4.90 Å². The molecule has 2 heterocycles. The second-order valence-electron chi connectivity index (χ2n) is 7.92. The van der Waals surface area contributed by atoms with Gasteiger partial charge in [-0.25, -0.2) is 0 Å². The van der Waals surface area contributed by atoms with Crippen molar-refractivity contribution in [2.75, 3.05) is 45.2 Å². The molecule has 0 atom stereocenters. The zero-order chi connectivity index (χ0) is 20.1. The highest BCUT2D eigenvalue weighted by Gasteiger charge is 2.10. The van der Waals surface area contributed by atoms with E-state index in [1.807, 2.05) is 32.3 Å². The van der Waals surface area contributed by atoms with Crippen molar-refractivity contribution in [2.45, 2.75) is 19.3 Å². The number of rotatable bonds is 7. The maximum absolute atomic E-state index is 6.00. The standard InChI is InChI=1S/C25H30N2O2/c1-26(2)22-10-6-20(7-11-22)8-12-24-18-21-9-13-23(19-25(21)29-24)28-17-16-27-14-4-3-5-15-27/h6-13,18-19H,3-5,14-17H2,1-2H3/b12-8+. The molecule has 1 fully saturated rings. The van der Waals surface area contributed by atoms with E-state index in [-0.39, 0.29) is 0 Å². The van der Waals surface area contributed by atoms with Crippen molar-refractivity contribution in [3.05, 3.63) is 59.9 Å². The van der Waals surface area contributed by atoms with Gasteiger partial charge in [0.25, 0.3) is 0 Å². The molecular weight excluding hydrogens is 360 g/mol. The molecule has 4 rings (SSSR count). The number of likely N-dealkylation sites (tertiary alicyclic amines) is 1. The number of furan rings is 1. The third kappa shape index (κ3) is 5.21. The lowest BCUT2D eigenvalue weighted by Gasteiger charge is -2.26. The minimum atomic E-state index is 0.724. The van der Waals surface area contributed by atoms with Crippen LogP contribution in [0.4, 0.5) is 5.69 Å². The maximum Gasteiger partial charge on any atom is 0.138 e. The number of ether oxygens (including phenoxy) is 1. The first-order valence-electron chi connectivity index (χ1n) is 10.5. The van der Waals surface area contributed by atoms with Gasteiger partial charge in [-0.2, -0.15) is 0 Å². The zero-order valence-corrected chi connectivity index (χ0v) is 17.4. The summed E-state index contributed by atoms with van der Waals surface area (Å²) in [5.74, 6) is 1.72. The van der Waals surface area contributed by atoms with E-state index in [0.29, 0.717) is 0 Å². The van der Waals surface area contributed by atoms with Crippen LogP contribution in [-0.4, -0.2) is 45.2 Å². The van der Waals surface area contributed by atoms with Crippen LogP contribution >= 0.6 is 0 Å². The molecule has 4 nitrogen and oxygen atoms in total. The number of hydrogen-bond acceptors (Lipinski definition) is 4. The Balaban J connectivity index is 1.37. The van der Waals surface area contributed by atoms with Crippen LogP contribution in [0.5, 0.6) is 5.75 Å². The molecule has 0 unspecified atom stereocenters. The lowest BCUT2D eigenvalue weighted by Crippen LogP contribution is -2.33. The van der Waals surface area contributed by atoms with E-state index in [2.05, 4.69) is 52.3 Å². The van der Waals surface area contributed by atoms with Gasteiger partial charge in [-0.05, 0) is 67.9 Å². The van der Waals surface area contributed by atoms with Crippen molar-refractivity contribution in [3.63, 3.8) is 0 Å². The maximum atomic E-state index is 6.00. The van der Waals surface area contributed by atoms with Crippen molar-refractivity contribution in [1.82, 2.24) is 4.90 Å². The SMILES string of the molecule is CN(C)c1ccc(/C=C/c2cc3ccc(OCCN4CCCCC4)cc3o2)cc1. The molecule has 1 aromatic heterocycles. The minimum absolute atomic E-state index is 0.724. The normalized spacial score (nSPS) is 15.2. The van der Waals surface area contributed by atoms with Crippen molar-refractivity contribution in [2.24, 2.45) is 0 Å². The number of benzene rings is 2. The molecule has 29 heavy (non-hydrogen) atoms. The van der Waals surface area contributed by atoms with Gasteiger partial charge in [-0.15, -0.1) is 0 Å². The molecule has 0 saturated carbocycles. The molecule has 152 valence electrons. The molecule has 0 amide bonds. The van der Waals surface area contributed by atoms with Crippen LogP contribution in [0.3, 0.4) is 0 Å². The van der Waals surface area contributed by atoms with Crippen LogP contribution in [0, 0.1) is 0 Å². The summed E-state index contributed by atoms with van der Waals surface area (Å²) in [7, 11) is 4.09. The summed E-state index contributed by atoms with van der Waals surface area (Å²) in [6, 6.07) is 16.6. The molecule has 1 aliphatic heterocycles. The van der Waals surface area contributed by atoms with Crippen molar-refractivity contribution >= 4 is 28.8 Å². The highest BCUT2D eigenvalue weighted by atomic mass is 16.5. The Morgan fingerprint density at radius 2 is 1.76 bits per heavy atom. The average Bonchev–Trinajstić information content (AvgIpc) is 3.15. The number of fused-ring (bicyclic) bond motifs is 1. The van der Waals surface area contributed by atoms with Crippen LogP contribution in [0.25, 0.3) is 23.1 Å². The molecule has 0 spiro atoms. The quantitative estimate of drug-likeness (QED) is 0.530. The van der Waals surface area contributed by atoms with Crippen LogP contribution in [-0.2, 0) is 0 Å². The average molecular weight is 391 g/mol. The largest absolute Gasteiger partial charge is 0.492 e. The lowest BCUT2D eigenvalue weighted by atomic mass is 10.1. The van der Waals surface area contributed by atoms with E-state index in [9.17, 15) is 0 Å². The molecule has 4 heteroatoms. The van der Waals surface area contributed by atoms with Crippen LogP contribution in [0.15, 0.2) is 52.9 Å². The number of piperidine rings is 1. The zero-order valence-electron chi connectivity index (χ0n) is 17.4. The molecule has 1 saturated heterocycles. The van der Waals surface area contributed by atoms with E-state index in [4.69, 9.17) is 9.15 Å². The molecule has 0 aliphatic carbocycles. The first-order chi connectivity index (χ1) is 14.2. The van der Waals surface area contributed by atoms with Crippen LogP contribution in [0.1, 0.15) is 30.6 Å². The lowest BCUT2D eigenvalue weighted by molar-refractivity contribution is 0.183. The van der Waals surface area contributed by atoms with Crippen LogP contribution in [0.2, 0.25) is 0 Å². The van der Waals surface area contributed by atoms with Gasteiger partial charge in [-0.1, -0.05) is 24.6 Å². The van der Waals surface area contributed by atoms with Crippen molar-refractivity contribution in [3.8, 4) is 5.75 Å². The highest BCUT2D eigenvalue weighted by Crippen LogP contribution is 2.26. The highest BCUT2D eigenvalue weighted by molar-refractivity contribution is 5.83. The van der Waals surface area contributed by atoms with Gasteiger partial charge < -0.3 is 14.1 Å². The molecule has 3 aromatic rings. The second-order valence-corrected chi connectivity index (χ2v) is 7.92. The molecule has 0 bridgehead atoms. The van der Waals surface area contributed by atoms with E-state index in [1.165, 1.54) is 38.0 Å². The Morgan fingerprint density at radius 3 is 2.52 bits per heavy atom. The summed E-state index contributed by atoms with van der Waals surface area (Å²) in [5.41, 5.74) is 3.21. The Hall–Kier alpha value is -2.72. The van der Waals surface area contributed by atoms with Crippen molar-refractivity contribution in [1.29, 1.82) is 0 Å². The van der Waals surface area contributed by atoms with Gasteiger partial charge in [0.2, 0.25) is 0 Å². The number of nitrogens with zero attached hydrogens (tertiary/aromatic N) is 2. The first kappa shape index (κ1) is 19.6. The van der Waals surface area contributed by atoms with Crippen LogP contribution < -0.4 is 9.64 Å². The van der Waals surface area contributed by atoms with E-state index in [1.54, 1.807) is 0 Å². The molecule has 0 N–H and O–H groups in total. The van der Waals surface area contributed by atoms with E-state index < -0.39 is 0 Å². The summed E-state index contributed by atoms with van der Waals surface area (Å²) >= 11 is 0. The molecule has 1 aliphatic rings. The Morgan fingerprint density at radius 1 is 0.966 bits per heavy atom. The topological polar surface area (TPSA) is 28.9 Å². The Labute approximate surface area is 173 Å². The third-order valence-corrected chi connectivity index (χ3v) is 5.49. The smallest absolute Gasteiger partial charge is 0.138 e. The first-order valence-corrected chi connectivity index (χ1v) is 10.5. The fraction of sp³-hybridized carbons (Fsp3) is 0.360. The van der Waals surface area contributed by atoms with E-state index >= 15 is 0 Å². The molecule has 2 aromatic carbocycles. The predicted molar refractivity (Wildman–Crippen MR) is 122 cm³/mol. The van der Waals surface area contributed by atoms with Gasteiger partial charge >= 0.3 is 0 Å². The minimum Gasteiger partial charge on any atom is -0.492 e. The summed E-state index contributed by atoms with van der Waals surface area (Å²) in [6.07, 6.45) is 8.09. The van der Waals surface area contributed by atoms with Gasteiger partial charge in [0.1, 0.15) is 23.7 Å². The van der Waals surface area contributed by atoms with E-state index in [0.717, 1.165) is 41.2 Å². The summed E-state index contributed by atoms with van der Waals surface area (Å²) in [5, 5.41) is 1.09. The summed E-state index contributed by atoms with van der Waals surface area (Å²) in [4.78, 5) is 4.59. The monoisotopic (exact) mass is 390 g/mol. The Kier molecular flexibility index (Phi) is 6.20. The Bertz CT molecular complexity index is 951. The summed E-state index contributed by atoms with van der Waals surface area (Å²) in [6.45, 7) is 4.13. The predicted octanol–water partition coefficient (Wildman–Crippen LogP) is 5.53. The van der Waals surface area contributed by atoms with Gasteiger partial charge in [0.05, 0.1) is 0 Å². The summed E-state index contributed by atoms with van der Waals surface area (Å²) < 4.78 is 12.0. The van der Waals surface area contributed by atoms with Gasteiger partial charge in [0, 0.05) is 37.8 Å². The van der Waals surface area contributed by atoms with Gasteiger partial charge in [0.15, 0.2) is 0 Å².